The van der Waals surface area contributed by atoms with Gasteiger partial charge in [-0.25, -0.2) is 4.79 Å². The SMILES string of the molecule is C[C@@H](OC(=O)n1nnnc1N)C(C)(C)C. The monoisotopic (exact) mass is 213 g/mol. The molecule has 0 aliphatic carbocycles. The van der Waals surface area contributed by atoms with E-state index >= 15 is 0 Å². The highest BCUT2D eigenvalue weighted by molar-refractivity contribution is 5.72. The number of nitrogens with zero attached hydrogens (tertiary/aromatic N) is 4. The van der Waals surface area contributed by atoms with Crippen molar-refractivity contribution in [2.75, 3.05) is 5.73 Å². The van der Waals surface area contributed by atoms with Crippen LogP contribution in [-0.4, -0.2) is 32.4 Å². The fourth-order valence-corrected chi connectivity index (χ4v) is 0.702. The van der Waals surface area contributed by atoms with E-state index in [9.17, 15) is 4.79 Å². The van der Waals surface area contributed by atoms with Crippen LogP contribution >= 0.6 is 0 Å². The Kier molecular flexibility index (Phi) is 2.92. The van der Waals surface area contributed by atoms with Crippen molar-refractivity contribution in [1.82, 2.24) is 20.2 Å². The minimum atomic E-state index is -0.667. The van der Waals surface area contributed by atoms with E-state index < -0.39 is 6.09 Å². The standard InChI is InChI=1S/C8H15N5O2/c1-5(8(2,3)4)15-7(14)13-6(9)10-11-12-13/h5H,1-4H3,(H2,9,10,12)/t5-/m1/s1. The summed E-state index contributed by atoms with van der Waals surface area (Å²) in [4.78, 5) is 11.5. The van der Waals surface area contributed by atoms with Gasteiger partial charge in [0.15, 0.2) is 0 Å². The molecule has 0 amide bonds. The molecule has 84 valence electrons. The summed E-state index contributed by atoms with van der Waals surface area (Å²) in [5, 5.41) is 10.0. The topological polar surface area (TPSA) is 95.9 Å². The van der Waals surface area contributed by atoms with Crippen LogP contribution in [0.3, 0.4) is 0 Å². The molecule has 1 aromatic heterocycles. The average molecular weight is 213 g/mol. The van der Waals surface area contributed by atoms with Crippen LogP contribution in [0.2, 0.25) is 0 Å². The van der Waals surface area contributed by atoms with Gasteiger partial charge < -0.3 is 10.5 Å². The Morgan fingerprint density at radius 2 is 2.13 bits per heavy atom. The van der Waals surface area contributed by atoms with Gasteiger partial charge in [-0.2, -0.15) is 0 Å². The second kappa shape index (κ2) is 3.84. The van der Waals surface area contributed by atoms with E-state index in [1.54, 1.807) is 6.92 Å². The lowest BCUT2D eigenvalue weighted by molar-refractivity contribution is 0.0428. The van der Waals surface area contributed by atoms with Crippen molar-refractivity contribution in [2.24, 2.45) is 5.41 Å². The van der Waals surface area contributed by atoms with Crippen molar-refractivity contribution >= 4 is 12.0 Å². The molecule has 0 aliphatic heterocycles. The molecule has 0 saturated heterocycles. The molecule has 15 heavy (non-hydrogen) atoms. The van der Waals surface area contributed by atoms with Gasteiger partial charge in [0.25, 0.3) is 5.95 Å². The summed E-state index contributed by atoms with van der Waals surface area (Å²) in [6.45, 7) is 7.70. The fraction of sp³-hybridized carbons (Fsp3) is 0.750. The number of rotatable bonds is 1. The van der Waals surface area contributed by atoms with E-state index in [1.807, 2.05) is 20.8 Å². The predicted octanol–water partition coefficient (Wildman–Crippen LogP) is 0.675. The molecule has 1 aromatic rings. The summed E-state index contributed by atoms with van der Waals surface area (Å²) in [6, 6.07) is 0. The highest BCUT2D eigenvalue weighted by Gasteiger charge is 2.25. The van der Waals surface area contributed by atoms with Crippen molar-refractivity contribution in [3.8, 4) is 0 Å². The molecule has 0 bridgehead atoms. The van der Waals surface area contributed by atoms with Crippen molar-refractivity contribution in [1.29, 1.82) is 0 Å². The van der Waals surface area contributed by atoms with Crippen LogP contribution < -0.4 is 5.73 Å². The number of nitrogen functional groups attached to an aromatic ring is 1. The highest BCUT2D eigenvalue weighted by atomic mass is 16.6. The summed E-state index contributed by atoms with van der Waals surface area (Å²) < 4.78 is 5.96. The summed E-state index contributed by atoms with van der Waals surface area (Å²) in [5.41, 5.74) is 5.21. The Morgan fingerprint density at radius 1 is 1.53 bits per heavy atom. The summed E-state index contributed by atoms with van der Waals surface area (Å²) in [7, 11) is 0. The van der Waals surface area contributed by atoms with Gasteiger partial charge in [-0.05, 0) is 22.8 Å². The highest BCUT2D eigenvalue weighted by Crippen LogP contribution is 2.22. The quantitative estimate of drug-likeness (QED) is 0.689. The van der Waals surface area contributed by atoms with Crippen LogP contribution in [-0.2, 0) is 4.74 Å². The van der Waals surface area contributed by atoms with Crippen LogP contribution in [0, 0.1) is 5.41 Å². The minimum absolute atomic E-state index is 0.0823. The third kappa shape index (κ3) is 2.64. The Bertz CT molecular complexity index is 354. The van der Waals surface area contributed by atoms with Gasteiger partial charge in [-0.15, -0.1) is 4.68 Å². The first-order valence-corrected chi connectivity index (χ1v) is 4.57. The number of carbonyl (C=O) groups excluding carboxylic acids is 1. The van der Waals surface area contributed by atoms with Gasteiger partial charge in [-0.1, -0.05) is 25.9 Å². The average Bonchev–Trinajstić information content (AvgIpc) is 2.49. The maximum Gasteiger partial charge on any atom is 0.439 e. The Balaban J connectivity index is 2.69. The van der Waals surface area contributed by atoms with Gasteiger partial charge in [-0.3, -0.25) is 0 Å². The van der Waals surface area contributed by atoms with Crippen molar-refractivity contribution in [2.45, 2.75) is 33.8 Å². The Hall–Kier alpha value is -1.66. The summed E-state index contributed by atoms with van der Waals surface area (Å²) >= 11 is 0. The lowest BCUT2D eigenvalue weighted by Crippen LogP contribution is -2.31. The molecule has 2 N–H and O–H groups in total. The van der Waals surface area contributed by atoms with Gasteiger partial charge in [0.2, 0.25) is 0 Å². The normalized spacial score (nSPS) is 13.6. The molecule has 0 fully saturated rings. The Morgan fingerprint density at radius 3 is 2.53 bits per heavy atom. The van der Waals surface area contributed by atoms with E-state index in [0.717, 1.165) is 4.68 Å². The van der Waals surface area contributed by atoms with E-state index in [0.29, 0.717) is 0 Å². The predicted molar refractivity (Wildman–Crippen MR) is 53.0 cm³/mol. The first-order valence-electron chi connectivity index (χ1n) is 4.57. The number of tetrazole rings is 1. The van der Waals surface area contributed by atoms with Gasteiger partial charge in [0, 0.05) is 0 Å². The third-order valence-electron chi connectivity index (χ3n) is 2.16. The zero-order valence-corrected chi connectivity index (χ0v) is 9.26. The van der Waals surface area contributed by atoms with Gasteiger partial charge >= 0.3 is 6.09 Å². The second-order valence-corrected chi connectivity index (χ2v) is 4.34. The first kappa shape index (κ1) is 11.4. The zero-order valence-electron chi connectivity index (χ0n) is 9.26. The van der Waals surface area contributed by atoms with Crippen LogP contribution in [0.4, 0.5) is 10.7 Å². The molecular formula is C8H15N5O2. The lowest BCUT2D eigenvalue weighted by atomic mass is 9.90. The number of hydrogen-bond acceptors (Lipinski definition) is 6. The maximum absolute atomic E-state index is 11.5. The fourth-order valence-electron chi connectivity index (χ4n) is 0.702. The van der Waals surface area contributed by atoms with E-state index in [1.165, 1.54) is 0 Å². The van der Waals surface area contributed by atoms with E-state index in [4.69, 9.17) is 10.5 Å². The number of nitrogens with two attached hydrogens (primary N) is 1. The van der Waals surface area contributed by atoms with Crippen molar-refractivity contribution in [3.05, 3.63) is 0 Å². The van der Waals surface area contributed by atoms with E-state index in [-0.39, 0.29) is 17.5 Å². The first-order chi connectivity index (χ1) is 6.82. The lowest BCUT2D eigenvalue weighted by Gasteiger charge is -2.26. The molecule has 7 heteroatoms. The number of hydrogen-bond donors (Lipinski definition) is 1. The smallest absolute Gasteiger partial charge is 0.439 e. The molecule has 0 spiro atoms. The molecule has 0 aliphatic rings. The molecule has 1 atom stereocenters. The molecule has 1 rings (SSSR count). The van der Waals surface area contributed by atoms with Crippen LogP contribution in [0.25, 0.3) is 0 Å². The number of aromatic nitrogens is 4. The molecule has 0 aromatic carbocycles. The van der Waals surface area contributed by atoms with Gasteiger partial charge in [0.1, 0.15) is 6.10 Å². The number of anilines is 1. The largest absolute Gasteiger partial charge is 0.444 e. The van der Waals surface area contributed by atoms with Crippen LogP contribution in [0.5, 0.6) is 0 Å². The molecular weight excluding hydrogens is 198 g/mol. The zero-order chi connectivity index (χ0) is 11.6. The summed E-state index contributed by atoms with van der Waals surface area (Å²) in [5.74, 6) is -0.0823. The number of carbonyl (C=O) groups is 1. The third-order valence-corrected chi connectivity index (χ3v) is 2.16. The Labute approximate surface area is 87.6 Å². The van der Waals surface area contributed by atoms with Crippen molar-refractivity contribution in [3.63, 3.8) is 0 Å². The molecule has 0 radical (unpaired) electrons. The van der Waals surface area contributed by atoms with Gasteiger partial charge in [0.05, 0.1) is 0 Å². The summed E-state index contributed by atoms with van der Waals surface area (Å²) in [6.07, 6.45) is -0.923. The van der Waals surface area contributed by atoms with Crippen molar-refractivity contribution < 1.29 is 9.53 Å². The van der Waals surface area contributed by atoms with E-state index in [2.05, 4.69) is 15.5 Å². The van der Waals surface area contributed by atoms with Crippen LogP contribution in [0.15, 0.2) is 0 Å². The maximum atomic E-state index is 11.5. The number of ether oxygens (including phenoxy) is 1. The minimum Gasteiger partial charge on any atom is -0.444 e. The second-order valence-electron chi connectivity index (χ2n) is 4.34. The molecule has 0 saturated carbocycles. The molecule has 1 heterocycles. The van der Waals surface area contributed by atoms with Crippen LogP contribution in [0.1, 0.15) is 27.7 Å². The molecule has 0 unspecified atom stereocenters. The molecule has 7 nitrogen and oxygen atoms in total.